The zero-order valence-electron chi connectivity index (χ0n) is 12.5. The summed E-state index contributed by atoms with van der Waals surface area (Å²) in [7, 11) is 1.94. The Balaban J connectivity index is 0.000000346. The molecule has 0 spiro atoms. The zero-order valence-corrected chi connectivity index (χ0v) is 13.2. The average molecular weight is 327 g/mol. The molecule has 1 heterocycles. The molecule has 7 heteroatoms. The van der Waals surface area contributed by atoms with Crippen LogP contribution in [-0.4, -0.2) is 33.7 Å². The molecular formula is C15H19ClN2O4. The minimum absolute atomic E-state index is 0.350. The largest absolute Gasteiger partial charge is 0.480 e. The number of fused-ring (bicyclic) bond motifs is 1. The maximum absolute atomic E-state index is 10.7. The molecule has 22 heavy (non-hydrogen) atoms. The van der Waals surface area contributed by atoms with E-state index in [0.717, 1.165) is 16.5 Å². The number of aryl methyl sites for hydroxylation is 1. The number of benzene rings is 1. The summed E-state index contributed by atoms with van der Waals surface area (Å²) >= 11 is 4.72. The lowest BCUT2D eigenvalue weighted by molar-refractivity contribution is -0.138. The van der Waals surface area contributed by atoms with Gasteiger partial charge in [0.2, 0.25) is 0 Å². The van der Waals surface area contributed by atoms with Crippen molar-refractivity contribution >= 4 is 33.9 Å². The van der Waals surface area contributed by atoms with Crippen molar-refractivity contribution in [2.24, 2.45) is 12.8 Å². The summed E-state index contributed by atoms with van der Waals surface area (Å²) in [6.45, 7) is 2.04. The predicted molar refractivity (Wildman–Crippen MR) is 85.1 cm³/mol. The van der Waals surface area contributed by atoms with E-state index in [1.54, 1.807) is 6.92 Å². The van der Waals surface area contributed by atoms with E-state index in [9.17, 15) is 9.59 Å². The molecule has 0 saturated carbocycles. The van der Waals surface area contributed by atoms with Gasteiger partial charge in [-0.2, -0.15) is 0 Å². The number of carbonyl (C=O) groups is 2. The molecule has 1 aromatic carbocycles. The molecule has 6 nitrogen and oxygen atoms in total. The van der Waals surface area contributed by atoms with Crippen LogP contribution in [0, 0.1) is 0 Å². The molecule has 0 saturated heterocycles. The number of aliphatic carboxylic acids is 1. The molecular weight excluding hydrogens is 308 g/mol. The smallest absolute Gasteiger partial charge is 0.403 e. The molecule has 2 aromatic rings. The van der Waals surface area contributed by atoms with Crippen molar-refractivity contribution in [1.82, 2.24) is 4.57 Å². The number of ether oxygens (including phenoxy) is 1. The van der Waals surface area contributed by atoms with Gasteiger partial charge in [0.05, 0.1) is 6.61 Å². The fraction of sp³-hybridized carbons (Fsp3) is 0.333. The van der Waals surface area contributed by atoms with Crippen LogP contribution in [0.15, 0.2) is 30.5 Å². The Labute approximate surface area is 133 Å². The van der Waals surface area contributed by atoms with Crippen LogP contribution in [0.3, 0.4) is 0 Å². The lowest BCUT2D eigenvalue weighted by Crippen LogP contribution is -2.32. The van der Waals surface area contributed by atoms with Crippen molar-refractivity contribution in [1.29, 1.82) is 0 Å². The van der Waals surface area contributed by atoms with Gasteiger partial charge in [0, 0.05) is 42.2 Å². The second-order valence-electron chi connectivity index (χ2n) is 4.60. The van der Waals surface area contributed by atoms with E-state index in [0.29, 0.717) is 13.0 Å². The third-order valence-corrected chi connectivity index (χ3v) is 3.10. The van der Waals surface area contributed by atoms with E-state index in [4.69, 9.17) is 22.4 Å². The topological polar surface area (TPSA) is 94.5 Å². The molecule has 0 radical (unpaired) electrons. The van der Waals surface area contributed by atoms with Crippen LogP contribution >= 0.6 is 11.6 Å². The number of carboxylic acid groups (broad SMARTS) is 1. The molecule has 2 rings (SSSR count). The first kappa shape index (κ1) is 18.0. The molecule has 1 atom stereocenters. The number of rotatable bonds is 4. The van der Waals surface area contributed by atoms with E-state index in [-0.39, 0.29) is 0 Å². The Morgan fingerprint density at radius 3 is 2.55 bits per heavy atom. The third-order valence-electron chi connectivity index (χ3n) is 2.99. The van der Waals surface area contributed by atoms with Gasteiger partial charge in [-0.1, -0.05) is 18.2 Å². The fourth-order valence-electron chi connectivity index (χ4n) is 2.03. The highest BCUT2D eigenvalue weighted by Crippen LogP contribution is 2.21. The lowest BCUT2D eigenvalue weighted by Gasteiger charge is -2.04. The summed E-state index contributed by atoms with van der Waals surface area (Å²) in [6, 6.07) is 7.05. The van der Waals surface area contributed by atoms with Crippen molar-refractivity contribution in [3.05, 3.63) is 36.0 Å². The number of nitrogens with two attached hydrogens (primary N) is 1. The Morgan fingerprint density at radius 2 is 2.05 bits per heavy atom. The quantitative estimate of drug-likeness (QED) is 0.842. The second kappa shape index (κ2) is 8.41. The van der Waals surface area contributed by atoms with Gasteiger partial charge in [-0.15, -0.1) is 0 Å². The van der Waals surface area contributed by atoms with Crippen molar-refractivity contribution < 1.29 is 19.4 Å². The van der Waals surface area contributed by atoms with Crippen LogP contribution in [0.1, 0.15) is 12.5 Å². The summed E-state index contributed by atoms with van der Waals surface area (Å²) in [6.07, 6.45) is 2.30. The Bertz CT molecular complexity index is 654. The lowest BCUT2D eigenvalue weighted by atomic mass is 10.1. The van der Waals surface area contributed by atoms with Gasteiger partial charge in [-0.05, 0) is 18.6 Å². The summed E-state index contributed by atoms with van der Waals surface area (Å²) in [5.74, 6) is -0.965. The van der Waals surface area contributed by atoms with Gasteiger partial charge in [0.15, 0.2) is 0 Å². The number of para-hydroxylation sites is 1. The maximum atomic E-state index is 10.7. The van der Waals surface area contributed by atoms with Gasteiger partial charge in [-0.25, -0.2) is 4.79 Å². The van der Waals surface area contributed by atoms with E-state index < -0.39 is 17.4 Å². The maximum Gasteiger partial charge on any atom is 0.403 e. The monoisotopic (exact) mass is 326 g/mol. The Kier molecular flexibility index (Phi) is 6.88. The highest BCUT2D eigenvalue weighted by atomic mass is 35.5. The predicted octanol–water partition coefficient (Wildman–Crippen LogP) is 2.51. The van der Waals surface area contributed by atoms with Crippen LogP contribution in [-0.2, 0) is 23.0 Å². The number of carboxylic acids is 1. The Hall–Kier alpha value is -2.05. The molecule has 0 aliphatic rings. The van der Waals surface area contributed by atoms with E-state index in [1.165, 1.54) is 0 Å². The van der Waals surface area contributed by atoms with E-state index in [1.807, 2.05) is 42.1 Å². The van der Waals surface area contributed by atoms with Gasteiger partial charge < -0.3 is 20.1 Å². The number of carbonyl (C=O) groups excluding carboxylic acids is 1. The molecule has 3 N–H and O–H groups in total. The first-order valence-corrected chi connectivity index (χ1v) is 7.08. The molecule has 1 unspecified atom stereocenters. The van der Waals surface area contributed by atoms with Gasteiger partial charge in [0.1, 0.15) is 6.04 Å². The normalized spacial score (nSPS) is 11.5. The molecule has 120 valence electrons. The SMILES string of the molecule is CCOC(=O)Cl.Cn1cc(CC(N)C(=O)O)c2ccccc21. The van der Waals surface area contributed by atoms with Gasteiger partial charge in [-0.3, -0.25) is 4.79 Å². The highest BCUT2D eigenvalue weighted by molar-refractivity contribution is 6.61. The first-order chi connectivity index (χ1) is 10.4. The first-order valence-electron chi connectivity index (χ1n) is 6.70. The van der Waals surface area contributed by atoms with Crippen LogP contribution in [0.2, 0.25) is 0 Å². The summed E-state index contributed by atoms with van der Waals surface area (Å²) in [5.41, 5.74) is 6.87. The average Bonchev–Trinajstić information content (AvgIpc) is 2.76. The summed E-state index contributed by atoms with van der Waals surface area (Å²) in [5, 5.41) is 9.86. The highest BCUT2D eigenvalue weighted by Gasteiger charge is 2.15. The van der Waals surface area contributed by atoms with Crippen LogP contribution < -0.4 is 5.73 Å². The number of hydrogen-bond acceptors (Lipinski definition) is 4. The number of hydrogen-bond donors (Lipinski definition) is 2. The van der Waals surface area contributed by atoms with E-state index in [2.05, 4.69) is 4.74 Å². The minimum Gasteiger partial charge on any atom is -0.480 e. The second-order valence-corrected chi connectivity index (χ2v) is 4.91. The summed E-state index contributed by atoms with van der Waals surface area (Å²) < 4.78 is 6.15. The van der Waals surface area contributed by atoms with Crippen molar-refractivity contribution in [3.63, 3.8) is 0 Å². The van der Waals surface area contributed by atoms with Gasteiger partial charge in [0.25, 0.3) is 0 Å². The molecule has 0 bridgehead atoms. The molecule has 1 aromatic heterocycles. The van der Waals surface area contributed by atoms with Crippen molar-refractivity contribution in [2.75, 3.05) is 6.61 Å². The van der Waals surface area contributed by atoms with Crippen LogP contribution in [0.5, 0.6) is 0 Å². The molecule has 0 aliphatic heterocycles. The Morgan fingerprint density at radius 1 is 1.41 bits per heavy atom. The zero-order chi connectivity index (χ0) is 16.7. The van der Waals surface area contributed by atoms with Crippen molar-refractivity contribution in [2.45, 2.75) is 19.4 Å². The van der Waals surface area contributed by atoms with Crippen LogP contribution in [0.25, 0.3) is 10.9 Å². The molecule has 0 fully saturated rings. The van der Waals surface area contributed by atoms with E-state index >= 15 is 0 Å². The molecule has 0 amide bonds. The van der Waals surface area contributed by atoms with Crippen molar-refractivity contribution in [3.8, 4) is 0 Å². The molecule has 0 aliphatic carbocycles. The standard InChI is InChI=1S/C12H14N2O2.C3H5ClO2/c1-14-7-8(6-10(13)12(15)16)9-4-2-3-5-11(9)14;1-2-6-3(4)5/h2-5,7,10H,6,13H2,1H3,(H,15,16);2H2,1H3. The number of aromatic nitrogens is 1. The number of nitrogens with zero attached hydrogens (tertiary/aromatic N) is 1. The fourth-order valence-corrected chi connectivity index (χ4v) is 2.14. The van der Waals surface area contributed by atoms with Crippen LogP contribution in [0.4, 0.5) is 4.79 Å². The number of halogens is 1. The summed E-state index contributed by atoms with van der Waals surface area (Å²) in [4.78, 5) is 20.3. The minimum atomic E-state index is -0.965. The third kappa shape index (κ3) is 5.05. The van der Waals surface area contributed by atoms with Gasteiger partial charge >= 0.3 is 11.4 Å².